The SMILES string of the molecule is C[C@@H](c1ncc(-c2ccc(-c3ccc(-c4nc([C@@H]5CCCN5C(=O)C(C)(C)C)[nH]c4C(F)(F)F)cc3)cc2)[nH]1)N(C)C(=O)OC(C)(C)C. The van der Waals surface area contributed by atoms with Crippen LogP contribution >= 0.6 is 0 Å². The van der Waals surface area contributed by atoms with Gasteiger partial charge in [0.1, 0.15) is 28.6 Å². The zero-order chi connectivity index (χ0) is 35.2. The Hall–Kier alpha value is -4.61. The maximum Gasteiger partial charge on any atom is 0.433 e. The summed E-state index contributed by atoms with van der Waals surface area (Å²) in [5.74, 6) is 0.652. The molecule has 2 amide bonds. The van der Waals surface area contributed by atoms with E-state index in [1.165, 1.54) is 4.90 Å². The van der Waals surface area contributed by atoms with E-state index in [1.807, 2.05) is 52.0 Å². The number of carbonyl (C=O) groups excluding carboxylic acids is 2. The lowest BCUT2D eigenvalue weighted by Crippen LogP contribution is -2.39. The molecule has 1 aliphatic heterocycles. The van der Waals surface area contributed by atoms with Gasteiger partial charge >= 0.3 is 12.3 Å². The summed E-state index contributed by atoms with van der Waals surface area (Å²) in [7, 11) is 1.66. The number of hydrogen-bond acceptors (Lipinski definition) is 5. The molecule has 3 heterocycles. The molecule has 9 nitrogen and oxygen atoms in total. The number of aromatic nitrogens is 4. The van der Waals surface area contributed by atoms with Crippen LogP contribution in [0.2, 0.25) is 0 Å². The van der Waals surface area contributed by atoms with Crippen molar-refractivity contribution in [3.63, 3.8) is 0 Å². The molecule has 0 spiro atoms. The van der Waals surface area contributed by atoms with Gasteiger partial charge in [0, 0.05) is 24.6 Å². The van der Waals surface area contributed by atoms with E-state index < -0.39 is 35.0 Å². The predicted molar refractivity (Wildman–Crippen MR) is 178 cm³/mol. The largest absolute Gasteiger partial charge is 0.444 e. The number of amides is 2. The Labute approximate surface area is 278 Å². The van der Waals surface area contributed by atoms with Crippen LogP contribution in [0.15, 0.2) is 54.7 Å². The molecule has 2 aromatic carbocycles. The van der Waals surface area contributed by atoms with E-state index in [4.69, 9.17) is 4.74 Å². The molecule has 2 atom stereocenters. The standard InChI is InChI=1S/C36H43F3N6O3/c1-21(44(8)33(47)48-35(5,6)7)30-40-20-26(41-30)24-15-11-22(12-16-24)23-13-17-25(18-14-23)28-29(36(37,38)39)43-31(42-28)27-10-9-19-45(27)32(46)34(2,3)4/h11-18,20-21,27H,9-10,19H2,1-8H3,(H,40,41)(H,42,43)/t21-,27-/m0/s1. The molecule has 2 N–H and O–H groups in total. The number of alkyl halides is 3. The molecule has 5 rings (SSSR count). The van der Waals surface area contributed by atoms with Gasteiger partial charge in [0.05, 0.1) is 24.0 Å². The average molecular weight is 665 g/mol. The molecule has 0 bridgehead atoms. The maximum atomic E-state index is 14.2. The minimum absolute atomic E-state index is 0.111. The minimum atomic E-state index is -4.65. The van der Waals surface area contributed by atoms with Gasteiger partial charge in [0.2, 0.25) is 5.91 Å². The van der Waals surface area contributed by atoms with E-state index in [1.54, 1.807) is 63.2 Å². The molecule has 1 aliphatic rings. The predicted octanol–water partition coefficient (Wildman–Crippen LogP) is 8.79. The van der Waals surface area contributed by atoms with Gasteiger partial charge in [-0.3, -0.25) is 4.79 Å². The Morgan fingerprint density at radius 3 is 2.02 bits per heavy atom. The van der Waals surface area contributed by atoms with Crippen LogP contribution in [-0.2, 0) is 15.7 Å². The summed E-state index contributed by atoms with van der Waals surface area (Å²) in [5.41, 5.74) is 1.32. The first-order valence-corrected chi connectivity index (χ1v) is 16.0. The number of carbonyl (C=O) groups is 2. The Balaban J connectivity index is 1.34. The average Bonchev–Trinajstić information content (AvgIpc) is 3.78. The number of rotatable bonds is 6. The Bertz CT molecular complexity index is 1760. The zero-order valence-corrected chi connectivity index (χ0v) is 28.6. The van der Waals surface area contributed by atoms with Crippen molar-refractivity contribution in [3.8, 4) is 33.6 Å². The van der Waals surface area contributed by atoms with E-state index in [-0.39, 0.29) is 23.5 Å². The number of halogens is 3. The molecule has 0 unspecified atom stereocenters. The lowest BCUT2D eigenvalue weighted by atomic mass is 9.94. The van der Waals surface area contributed by atoms with Gasteiger partial charge < -0.3 is 24.5 Å². The molecule has 1 saturated heterocycles. The Morgan fingerprint density at radius 2 is 1.48 bits per heavy atom. The van der Waals surface area contributed by atoms with Gasteiger partial charge in [-0.1, -0.05) is 69.3 Å². The number of hydrogen-bond donors (Lipinski definition) is 2. The molecule has 1 fully saturated rings. The number of H-pyrrole nitrogens is 2. The topological polar surface area (TPSA) is 107 Å². The van der Waals surface area contributed by atoms with Gasteiger partial charge in [-0.15, -0.1) is 0 Å². The number of aromatic amines is 2. The van der Waals surface area contributed by atoms with Crippen molar-refractivity contribution in [2.75, 3.05) is 13.6 Å². The minimum Gasteiger partial charge on any atom is -0.444 e. The van der Waals surface area contributed by atoms with Crippen LogP contribution in [0.4, 0.5) is 18.0 Å². The highest BCUT2D eigenvalue weighted by atomic mass is 19.4. The smallest absolute Gasteiger partial charge is 0.433 e. The highest BCUT2D eigenvalue weighted by Gasteiger charge is 2.41. The van der Waals surface area contributed by atoms with Gasteiger partial charge in [0.15, 0.2) is 0 Å². The third-order valence-corrected chi connectivity index (χ3v) is 8.42. The van der Waals surface area contributed by atoms with Gasteiger partial charge in [-0.2, -0.15) is 13.2 Å². The second kappa shape index (κ2) is 12.8. The molecular formula is C36H43F3N6O3. The van der Waals surface area contributed by atoms with E-state index in [0.29, 0.717) is 30.8 Å². The lowest BCUT2D eigenvalue weighted by Gasteiger charge is -2.30. The highest BCUT2D eigenvalue weighted by Crippen LogP contribution is 2.40. The van der Waals surface area contributed by atoms with Gasteiger partial charge in [-0.25, -0.2) is 14.8 Å². The normalized spacial score (nSPS) is 16.2. The van der Waals surface area contributed by atoms with E-state index in [9.17, 15) is 22.8 Å². The molecule has 48 heavy (non-hydrogen) atoms. The third kappa shape index (κ3) is 7.42. The summed E-state index contributed by atoms with van der Waals surface area (Å²) < 4.78 is 48.1. The number of nitrogens with zero attached hydrogens (tertiary/aromatic N) is 4. The van der Waals surface area contributed by atoms with E-state index in [0.717, 1.165) is 22.4 Å². The van der Waals surface area contributed by atoms with Crippen molar-refractivity contribution in [2.24, 2.45) is 5.41 Å². The summed E-state index contributed by atoms with van der Waals surface area (Å²) in [4.78, 5) is 43.4. The molecule has 12 heteroatoms. The quantitative estimate of drug-likeness (QED) is 0.214. The van der Waals surface area contributed by atoms with Crippen molar-refractivity contribution in [1.82, 2.24) is 29.7 Å². The summed E-state index contributed by atoms with van der Waals surface area (Å²) in [6.45, 7) is 13.2. The van der Waals surface area contributed by atoms with Crippen LogP contribution in [0, 0.1) is 5.41 Å². The summed E-state index contributed by atoms with van der Waals surface area (Å²) >= 11 is 0. The number of imidazole rings is 2. The molecule has 0 aliphatic carbocycles. The van der Waals surface area contributed by atoms with Crippen LogP contribution in [0.25, 0.3) is 33.6 Å². The summed E-state index contributed by atoms with van der Waals surface area (Å²) in [5, 5.41) is 0. The fraction of sp³-hybridized carbons (Fsp3) is 0.444. The number of likely N-dealkylation sites (tertiary alicyclic amines) is 1. The molecule has 2 aromatic heterocycles. The molecular weight excluding hydrogens is 621 g/mol. The monoisotopic (exact) mass is 664 g/mol. The maximum absolute atomic E-state index is 14.2. The van der Waals surface area contributed by atoms with Crippen molar-refractivity contribution < 1.29 is 27.5 Å². The highest BCUT2D eigenvalue weighted by molar-refractivity contribution is 5.82. The van der Waals surface area contributed by atoms with Gasteiger partial charge in [0.25, 0.3) is 0 Å². The first-order chi connectivity index (χ1) is 22.3. The van der Waals surface area contributed by atoms with Crippen molar-refractivity contribution in [2.45, 2.75) is 85.2 Å². The fourth-order valence-electron chi connectivity index (χ4n) is 5.72. The van der Waals surface area contributed by atoms with Gasteiger partial charge in [-0.05, 0) is 57.2 Å². The number of nitrogens with one attached hydrogen (secondary N) is 2. The van der Waals surface area contributed by atoms with Crippen LogP contribution in [0.3, 0.4) is 0 Å². The lowest BCUT2D eigenvalue weighted by molar-refractivity contribution is -0.140. The molecule has 0 radical (unpaired) electrons. The summed E-state index contributed by atoms with van der Waals surface area (Å²) in [6, 6.07) is 13.6. The second-order valence-electron chi connectivity index (χ2n) is 14.4. The number of benzene rings is 2. The fourth-order valence-corrected chi connectivity index (χ4v) is 5.72. The van der Waals surface area contributed by atoms with Crippen molar-refractivity contribution >= 4 is 12.0 Å². The van der Waals surface area contributed by atoms with Crippen molar-refractivity contribution in [1.29, 1.82) is 0 Å². The number of ether oxygens (including phenoxy) is 1. The second-order valence-corrected chi connectivity index (χ2v) is 14.4. The Kier molecular flexibility index (Phi) is 9.24. The van der Waals surface area contributed by atoms with Crippen molar-refractivity contribution in [3.05, 3.63) is 72.1 Å². The zero-order valence-electron chi connectivity index (χ0n) is 28.6. The van der Waals surface area contributed by atoms with E-state index in [2.05, 4.69) is 19.9 Å². The van der Waals surface area contributed by atoms with Crippen LogP contribution in [0.1, 0.15) is 90.7 Å². The van der Waals surface area contributed by atoms with E-state index >= 15 is 0 Å². The first-order valence-electron chi connectivity index (χ1n) is 16.0. The molecule has 4 aromatic rings. The molecule has 0 saturated carbocycles. The summed E-state index contributed by atoms with van der Waals surface area (Å²) in [6.07, 6.45) is -2.15. The van der Waals surface area contributed by atoms with Crippen LogP contribution in [-0.4, -0.2) is 60.9 Å². The van der Waals surface area contributed by atoms with Crippen LogP contribution < -0.4 is 0 Å². The first kappa shape index (κ1) is 34.7. The van der Waals surface area contributed by atoms with Crippen LogP contribution in [0.5, 0.6) is 0 Å². The Morgan fingerprint density at radius 1 is 0.917 bits per heavy atom. The third-order valence-electron chi connectivity index (χ3n) is 8.42. The molecule has 256 valence electrons.